The minimum atomic E-state index is -3.51. The Morgan fingerprint density at radius 2 is 1.75 bits per heavy atom. The molecule has 3 N–H and O–H groups in total. The van der Waals surface area contributed by atoms with Gasteiger partial charge in [-0.15, -0.1) is 0 Å². The third-order valence-electron chi connectivity index (χ3n) is 7.18. The molecule has 0 aromatic heterocycles. The summed E-state index contributed by atoms with van der Waals surface area (Å²) in [6, 6.07) is 14.3. The first-order valence-electron chi connectivity index (χ1n) is 14.0. The number of carbonyl (C=O) groups is 2. The van der Waals surface area contributed by atoms with Crippen molar-refractivity contribution in [2.45, 2.75) is 52.6 Å². The number of hydrogen-bond donors (Lipinski definition) is 3. The maximum absolute atomic E-state index is 13.6. The van der Waals surface area contributed by atoms with Crippen LogP contribution in [-0.4, -0.2) is 58.7 Å². The summed E-state index contributed by atoms with van der Waals surface area (Å²) in [4.78, 5) is 26.1. The molecule has 4 atom stereocenters. The van der Waals surface area contributed by atoms with Gasteiger partial charge in [0, 0.05) is 31.7 Å². The third-order valence-corrected chi connectivity index (χ3v) is 8.39. The number of sulfonamides is 1. The molecule has 9 heteroatoms. The lowest BCUT2D eigenvalue weighted by atomic mass is 10.0. The summed E-state index contributed by atoms with van der Waals surface area (Å²) >= 11 is 0. The topological polar surface area (TPSA) is 108 Å². The summed E-state index contributed by atoms with van der Waals surface area (Å²) in [5.74, 6) is 1.11. The Morgan fingerprint density at radius 3 is 2.35 bits per heavy atom. The molecule has 218 valence electrons. The van der Waals surface area contributed by atoms with E-state index in [9.17, 15) is 18.0 Å². The quantitative estimate of drug-likeness (QED) is 0.321. The molecule has 1 saturated carbocycles. The van der Waals surface area contributed by atoms with Crippen molar-refractivity contribution in [1.82, 2.24) is 16.0 Å². The van der Waals surface area contributed by atoms with Gasteiger partial charge in [-0.2, -0.15) is 0 Å². The Balaban J connectivity index is 1.81. The Bertz CT molecular complexity index is 1290. The highest BCUT2D eigenvalue weighted by Crippen LogP contribution is 2.39. The third kappa shape index (κ3) is 9.78. The normalized spacial score (nSPS) is 18.4. The second-order valence-electron chi connectivity index (χ2n) is 11.4. The minimum absolute atomic E-state index is 0.0867. The van der Waals surface area contributed by atoms with Crippen molar-refractivity contribution in [3.8, 4) is 0 Å². The molecule has 2 aromatic carbocycles. The lowest BCUT2D eigenvalue weighted by Crippen LogP contribution is -2.50. The smallest absolute Gasteiger partial charge is 0.251 e. The van der Waals surface area contributed by atoms with Crippen molar-refractivity contribution >= 4 is 33.6 Å². The van der Waals surface area contributed by atoms with Crippen molar-refractivity contribution < 1.29 is 18.0 Å². The first-order valence-corrected chi connectivity index (χ1v) is 15.8. The number of hydrogen-bond acceptors (Lipinski definition) is 5. The first-order chi connectivity index (χ1) is 18.8. The zero-order chi connectivity index (χ0) is 29.4. The van der Waals surface area contributed by atoms with Crippen molar-refractivity contribution in [2.75, 3.05) is 30.7 Å². The number of carbonyl (C=O) groups excluding carboxylic acids is 2. The van der Waals surface area contributed by atoms with Crippen LogP contribution < -0.4 is 20.3 Å². The van der Waals surface area contributed by atoms with Crippen LogP contribution in [0.5, 0.6) is 0 Å². The van der Waals surface area contributed by atoms with Gasteiger partial charge in [0.2, 0.25) is 15.9 Å². The molecule has 8 nitrogen and oxygen atoms in total. The molecule has 1 aliphatic rings. The summed E-state index contributed by atoms with van der Waals surface area (Å²) in [6.45, 7) is 9.06. The van der Waals surface area contributed by atoms with E-state index in [-0.39, 0.29) is 17.9 Å². The Kier molecular flexibility index (Phi) is 10.9. The highest BCUT2D eigenvalue weighted by atomic mass is 32.2. The molecule has 0 spiro atoms. The summed E-state index contributed by atoms with van der Waals surface area (Å²) < 4.78 is 25.7. The van der Waals surface area contributed by atoms with Crippen LogP contribution >= 0.6 is 0 Å². The maximum atomic E-state index is 13.6. The van der Waals surface area contributed by atoms with Crippen molar-refractivity contribution in [1.29, 1.82) is 0 Å². The first kappa shape index (κ1) is 31.4. The Hall–Kier alpha value is -3.17. The van der Waals surface area contributed by atoms with E-state index in [0.717, 1.165) is 23.8 Å². The lowest BCUT2D eigenvalue weighted by molar-refractivity contribution is -0.122. The molecule has 3 rings (SSSR count). The predicted molar refractivity (Wildman–Crippen MR) is 163 cm³/mol. The highest BCUT2D eigenvalue weighted by molar-refractivity contribution is 7.92. The number of allylic oxidation sites excluding steroid dienone is 1. The number of amides is 2. The molecule has 1 fully saturated rings. The fourth-order valence-corrected chi connectivity index (χ4v) is 4.79. The molecule has 0 heterocycles. The van der Waals surface area contributed by atoms with Crippen LogP contribution in [0, 0.1) is 17.8 Å². The molecule has 0 bridgehead atoms. The van der Waals surface area contributed by atoms with E-state index >= 15 is 0 Å². The van der Waals surface area contributed by atoms with E-state index in [1.54, 1.807) is 25.1 Å². The summed E-state index contributed by atoms with van der Waals surface area (Å²) in [6.07, 6.45) is 6.93. The standard InChI is InChI=1S/C31H44N4O4S/c1-21(2)19-33-30(36)23(4)32-20-28(16-24-10-8-7-9-11-24)34-31(37)27-15-25(12-13-26-14-22(26)3)17-29(18-27)35(5)40(6,38)39/h7-13,15,17-18,21-23,26,28,32H,14,16,19-20H2,1-6H3,(H,33,36)(H,34,37)/b13-12-/t22-,23-,26-,28-/m0/s1. The molecule has 0 unspecified atom stereocenters. The second kappa shape index (κ2) is 13.9. The van der Waals surface area contributed by atoms with E-state index in [2.05, 4.69) is 29.0 Å². The van der Waals surface area contributed by atoms with Crippen molar-refractivity contribution in [2.24, 2.45) is 17.8 Å². The van der Waals surface area contributed by atoms with Gasteiger partial charge < -0.3 is 16.0 Å². The Labute approximate surface area is 239 Å². The van der Waals surface area contributed by atoms with Crippen LogP contribution in [0.2, 0.25) is 0 Å². The van der Waals surface area contributed by atoms with Crippen LogP contribution in [-0.2, 0) is 21.2 Å². The molecule has 2 amide bonds. The Morgan fingerprint density at radius 1 is 1.07 bits per heavy atom. The fourth-order valence-electron chi connectivity index (χ4n) is 4.30. The molecular formula is C31H44N4O4S. The van der Waals surface area contributed by atoms with Gasteiger partial charge in [0.25, 0.3) is 5.91 Å². The highest BCUT2D eigenvalue weighted by Gasteiger charge is 2.29. The summed E-state index contributed by atoms with van der Waals surface area (Å²) in [5, 5.41) is 9.32. The van der Waals surface area contributed by atoms with Crippen LogP contribution in [0.4, 0.5) is 5.69 Å². The largest absolute Gasteiger partial charge is 0.354 e. The monoisotopic (exact) mass is 568 g/mol. The lowest BCUT2D eigenvalue weighted by Gasteiger charge is -2.23. The van der Waals surface area contributed by atoms with E-state index in [0.29, 0.717) is 48.5 Å². The summed E-state index contributed by atoms with van der Waals surface area (Å²) in [5.41, 5.74) is 2.62. The van der Waals surface area contributed by atoms with Crippen LogP contribution in [0.3, 0.4) is 0 Å². The summed E-state index contributed by atoms with van der Waals surface area (Å²) in [7, 11) is -2.03. The van der Waals surface area contributed by atoms with Gasteiger partial charge in [-0.25, -0.2) is 8.42 Å². The van der Waals surface area contributed by atoms with Crippen LogP contribution in [0.1, 0.15) is 55.6 Å². The predicted octanol–water partition coefficient (Wildman–Crippen LogP) is 3.84. The van der Waals surface area contributed by atoms with E-state index < -0.39 is 16.1 Å². The van der Waals surface area contributed by atoms with Gasteiger partial charge in [-0.05, 0) is 66.8 Å². The number of nitrogens with zero attached hydrogens (tertiary/aromatic N) is 1. The fraction of sp³-hybridized carbons (Fsp3) is 0.484. The van der Waals surface area contributed by atoms with Crippen molar-refractivity contribution in [3.05, 3.63) is 71.3 Å². The van der Waals surface area contributed by atoms with E-state index in [1.807, 2.05) is 50.3 Å². The number of rotatable bonds is 14. The van der Waals surface area contributed by atoms with Gasteiger partial charge in [0.05, 0.1) is 18.0 Å². The van der Waals surface area contributed by atoms with E-state index in [4.69, 9.17) is 0 Å². The van der Waals surface area contributed by atoms with Crippen LogP contribution in [0.15, 0.2) is 54.6 Å². The second-order valence-corrected chi connectivity index (χ2v) is 13.4. The number of anilines is 1. The SMILES string of the molecule is CC(C)CNC(=O)[C@H](C)NC[C@H](Cc1ccccc1)NC(=O)c1cc(/C=C\[C@H]2C[C@@H]2C)cc(N(C)S(C)(=O)=O)c1. The van der Waals surface area contributed by atoms with Crippen molar-refractivity contribution in [3.63, 3.8) is 0 Å². The van der Waals surface area contributed by atoms with Gasteiger partial charge >= 0.3 is 0 Å². The number of benzene rings is 2. The minimum Gasteiger partial charge on any atom is -0.354 e. The maximum Gasteiger partial charge on any atom is 0.251 e. The zero-order valence-electron chi connectivity index (χ0n) is 24.5. The molecule has 0 radical (unpaired) electrons. The molecule has 40 heavy (non-hydrogen) atoms. The molecule has 0 aliphatic heterocycles. The van der Waals surface area contributed by atoms with Crippen LogP contribution in [0.25, 0.3) is 6.08 Å². The molecule has 1 aliphatic carbocycles. The van der Waals surface area contributed by atoms with Gasteiger partial charge in [0.1, 0.15) is 0 Å². The van der Waals surface area contributed by atoms with Gasteiger partial charge in [-0.1, -0.05) is 63.3 Å². The van der Waals surface area contributed by atoms with Gasteiger partial charge in [-0.3, -0.25) is 13.9 Å². The average Bonchev–Trinajstić information content (AvgIpc) is 3.62. The van der Waals surface area contributed by atoms with E-state index in [1.165, 1.54) is 11.4 Å². The molecular weight excluding hydrogens is 524 g/mol. The number of nitrogens with one attached hydrogen (secondary N) is 3. The molecule has 2 aromatic rings. The zero-order valence-corrected chi connectivity index (χ0v) is 25.3. The molecule has 0 saturated heterocycles. The average molecular weight is 569 g/mol. The van der Waals surface area contributed by atoms with Gasteiger partial charge in [0.15, 0.2) is 0 Å².